The Labute approximate surface area is 133 Å². The van der Waals surface area contributed by atoms with Crippen LogP contribution in [-0.4, -0.2) is 38.7 Å². The third-order valence-corrected chi connectivity index (χ3v) is 4.32. The Balaban J connectivity index is 1.55. The summed E-state index contributed by atoms with van der Waals surface area (Å²) in [7, 11) is 1.81. The first-order chi connectivity index (χ1) is 11.2. The molecule has 1 amide bonds. The summed E-state index contributed by atoms with van der Waals surface area (Å²) in [6, 6.07) is 7.76. The van der Waals surface area contributed by atoms with Gasteiger partial charge in [-0.1, -0.05) is 12.1 Å². The maximum absolute atomic E-state index is 12.6. The van der Waals surface area contributed by atoms with Crippen LogP contribution in [0.5, 0.6) is 0 Å². The number of hydrogen-bond donors (Lipinski definition) is 0. The minimum atomic E-state index is 0.0268. The Hall–Kier alpha value is -2.63. The van der Waals surface area contributed by atoms with Crippen molar-refractivity contribution in [3.8, 4) is 0 Å². The molecule has 0 N–H and O–H groups in total. The van der Waals surface area contributed by atoms with Crippen LogP contribution < -0.4 is 0 Å². The Morgan fingerprint density at radius 2 is 2.22 bits per heavy atom. The van der Waals surface area contributed by atoms with E-state index in [2.05, 4.69) is 10.1 Å². The molecule has 1 saturated heterocycles. The number of carbonyl (C=O) groups excluding carboxylic acids is 1. The Morgan fingerprint density at radius 3 is 3.00 bits per heavy atom. The number of nitrogens with zero attached hydrogens (tertiary/aromatic N) is 4. The van der Waals surface area contributed by atoms with E-state index in [1.807, 2.05) is 36.2 Å². The second-order valence-corrected chi connectivity index (χ2v) is 6.01. The zero-order valence-electron chi connectivity index (χ0n) is 13.0. The molecule has 1 unspecified atom stereocenters. The van der Waals surface area contributed by atoms with Crippen LogP contribution in [0.25, 0.3) is 11.1 Å². The van der Waals surface area contributed by atoms with Crippen LogP contribution in [0.4, 0.5) is 0 Å². The number of benzene rings is 1. The van der Waals surface area contributed by atoms with Crippen molar-refractivity contribution in [2.75, 3.05) is 13.1 Å². The number of carbonyl (C=O) groups is 1. The monoisotopic (exact) mass is 310 g/mol. The van der Waals surface area contributed by atoms with Gasteiger partial charge >= 0.3 is 0 Å². The van der Waals surface area contributed by atoms with Crippen LogP contribution >= 0.6 is 0 Å². The quantitative estimate of drug-likeness (QED) is 0.730. The molecule has 3 heterocycles. The second kappa shape index (κ2) is 5.53. The van der Waals surface area contributed by atoms with Gasteiger partial charge < -0.3 is 9.32 Å². The zero-order chi connectivity index (χ0) is 15.8. The van der Waals surface area contributed by atoms with Crippen molar-refractivity contribution in [2.24, 2.45) is 7.05 Å². The zero-order valence-corrected chi connectivity index (χ0v) is 13.0. The van der Waals surface area contributed by atoms with Crippen molar-refractivity contribution in [2.45, 2.75) is 18.8 Å². The van der Waals surface area contributed by atoms with Gasteiger partial charge in [-0.2, -0.15) is 5.10 Å². The number of fused-ring (bicyclic) bond motifs is 1. The predicted molar refractivity (Wildman–Crippen MR) is 85.1 cm³/mol. The standard InChI is InChI=1S/C17H18N4O2/c1-20-10-13(9-18-20)17(22)21-8-4-5-12(11-21)16-19-14-6-2-3-7-15(14)23-16/h2-3,6-7,9-10,12H,4-5,8,11H2,1H3. The van der Waals surface area contributed by atoms with Gasteiger partial charge in [-0.05, 0) is 25.0 Å². The van der Waals surface area contributed by atoms with E-state index in [1.165, 1.54) is 0 Å². The van der Waals surface area contributed by atoms with Crippen LogP contribution in [0, 0.1) is 0 Å². The fraction of sp³-hybridized carbons (Fsp3) is 0.353. The Kier molecular flexibility index (Phi) is 3.37. The molecule has 23 heavy (non-hydrogen) atoms. The molecule has 118 valence electrons. The smallest absolute Gasteiger partial charge is 0.257 e. The molecular formula is C17H18N4O2. The highest BCUT2D eigenvalue weighted by molar-refractivity contribution is 5.93. The van der Waals surface area contributed by atoms with Crippen LogP contribution in [0.2, 0.25) is 0 Å². The number of hydrogen-bond acceptors (Lipinski definition) is 4. The number of likely N-dealkylation sites (tertiary alicyclic amines) is 1. The van der Waals surface area contributed by atoms with E-state index in [0.717, 1.165) is 36.4 Å². The third-order valence-electron chi connectivity index (χ3n) is 4.32. The van der Waals surface area contributed by atoms with E-state index in [1.54, 1.807) is 17.1 Å². The van der Waals surface area contributed by atoms with Crippen LogP contribution in [-0.2, 0) is 7.05 Å². The van der Waals surface area contributed by atoms with Crippen molar-refractivity contribution in [1.82, 2.24) is 19.7 Å². The molecule has 0 saturated carbocycles. The lowest BCUT2D eigenvalue weighted by Crippen LogP contribution is -2.39. The van der Waals surface area contributed by atoms with Gasteiger partial charge in [0.1, 0.15) is 5.52 Å². The number of rotatable bonds is 2. The number of aromatic nitrogens is 3. The predicted octanol–water partition coefficient (Wildman–Crippen LogP) is 2.58. The number of oxazole rings is 1. The van der Waals surface area contributed by atoms with Gasteiger partial charge in [0.25, 0.3) is 5.91 Å². The summed E-state index contributed by atoms with van der Waals surface area (Å²) in [6.45, 7) is 1.41. The van der Waals surface area contributed by atoms with Crippen molar-refractivity contribution < 1.29 is 9.21 Å². The van der Waals surface area contributed by atoms with E-state index < -0.39 is 0 Å². The highest BCUT2D eigenvalue weighted by atomic mass is 16.3. The molecule has 4 rings (SSSR count). The average molecular weight is 310 g/mol. The Morgan fingerprint density at radius 1 is 1.35 bits per heavy atom. The number of piperidine rings is 1. The largest absolute Gasteiger partial charge is 0.440 e. The van der Waals surface area contributed by atoms with Crippen LogP contribution in [0.1, 0.15) is 35.0 Å². The number of amides is 1. The molecule has 2 aromatic heterocycles. The van der Waals surface area contributed by atoms with Gasteiger partial charge in [0, 0.05) is 26.3 Å². The molecule has 3 aromatic rings. The first-order valence-corrected chi connectivity index (χ1v) is 7.84. The summed E-state index contributed by atoms with van der Waals surface area (Å²) in [6.07, 6.45) is 5.32. The first kappa shape index (κ1) is 14.0. The average Bonchev–Trinajstić information content (AvgIpc) is 3.20. The molecule has 0 spiro atoms. The maximum Gasteiger partial charge on any atom is 0.257 e. The molecule has 1 atom stereocenters. The molecule has 1 aliphatic heterocycles. The van der Waals surface area contributed by atoms with Crippen molar-refractivity contribution in [3.63, 3.8) is 0 Å². The number of aryl methyl sites for hydroxylation is 1. The summed E-state index contributed by atoms with van der Waals surface area (Å²) in [5, 5.41) is 4.08. The fourth-order valence-electron chi connectivity index (χ4n) is 3.14. The molecular weight excluding hydrogens is 292 g/mol. The van der Waals surface area contributed by atoms with Gasteiger partial charge in [-0.3, -0.25) is 9.48 Å². The fourth-order valence-corrected chi connectivity index (χ4v) is 3.14. The highest BCUT2D eigenvalue weighted by Crippen LogP contribution is 2.29. The molecule has 0 bridgehead atoms. The lowest BCUT2D eigenvalue weighted by atomic mass is 9.97. The molecule has 1 aliphatic rings. The Bertz CT molecular complexity index is 818. The van der Waals surface area contributed by atoms with Crippen molar-refractivity contribution in [1.29, 1.82) is 0 Å². The summed E-state index contributed by atoms with van der Waals surface area (Å²) < 4.78 is 7.53. The van der Waals surface area contributed by atoms with Gasteiger partial charge in [0.2, 0.25) is 0 Å². The lowest BCUT2D eigenvalue weighted by Gasteiger charge is -2.31. The summed E-state index contributed by atoms with van der Waals surface area (Å²) >= 11 is 0. The summed E-state index contributed by atoms with van der Waals surface area (Å²) in [4.78, 5) is 19.0. The van der Waals surface area contributed by atoms with E-state index >= 15 is 0 Å². The van der Waals surface area contributed by atoms with Crippen LogP contribution in [0.15, 0.2) is 41.1 Å². The SMILES string of the molecule is Cn1cc(C(=O)N2CCCC(c3nc4ccccc4o3)C2)cn1. The third kappa shape index (κ3) is 2.60. The minimum Gasteiger partial charge on any atom is -0.440 e. The first-order valence-electron chi connectivity index (χ1n) is 7.84. The maximum atomic E-state index is 12.6. The van der Waals surface area contributed by atoms with Crippen molar-refractivity contribution >= 4 is 17.0 Å². The van der Waals surface area contributed by atoms with E-state index in [-0.39, 0.29) is 11.8 Å². The molecule has 6 heteroatoms. The van der Waals surface area contributed by atoms with Crippen LogP contribution in [0.3, 0.4) is 0 Å². The number of para-hydroxylation sites is 2. The van der Waals surface area contributed by atoms with E-state index in [9.17, 15) is 4.79 Å². The van der Waals surface area contributed by atoms with Gasteiger partial charge in [-0.25, -0.2) is 4.98 Å². The topological polar surface area (TPSA) is 64.2 Å². The van der Waals surface area contributed by atoms with Gasteiger partial charge in [0.05, 0.1) is 17.7 Å². The van der Waals surface area contributed by atoms with Crippen molar-refractivity contribution in [3.05, 3.63) is 48.1 Å². The highest BCUT2D eigenvalue weighted by Gasteiger charge is 2.29. The van der Waals surface area contributed by atoms with E-state index in [0.29, 0.717) is 12.1 Å². The molecule has 0 aliphatic carbocycles. The van der Waals surface area contributed by atoms with Gasteiger partial charge in [0.15, 0.2) is 11.5 Å². The molecule has 0 radical (unpaired) electrons. The summed E-state index contributed by atoms with van der Waals surface area (Å²) in [5.74, 6) is 0.908. The molecule has 6 nitrogen and oxygen atoms in total. The molecule has 1 fully saturated rings. The molecule has 1 aromatic carbocycles. The lowest BCUT2D eigenvalue weighted by molar-refractivity contribution is 0.0699. The minimum absolute atomic E-state index is 0.0268. The second-order valence-electron chi connectivity index (χ2n) is 6.01. The van der Waals surface area contributed by atoms with Gasteiger partial charge in [-0.15, -0.1) is 0 Å². The normalized spacial score (nSPS) is 18.5. The summed E-state index contributed by atoms with van der Waals surface area (Å²) in [5.41, 5.74) is 2.31. The van der Waals surface area contributed by atoms with E-state index in [4.69, 9.17) is 4.42 Å².